The lowest BCUT2D eigenvalue weighted by Gasteiger charge is -2.24. The second-order valence-corrected chi connectivity index (χ2v) is 7.26. The van der Waals surface area contributed by atoms with Gasteiger partial charge in [0.25, 0.3) is 5.91 Å². The molecule has 1 heterocycles. The summed E-state index contributed by atoms with van der Waals surface area (Å²) in [5.41, 5.74) is -0.376. The number of benzene rings is 1. The number of hydrogen-bond donors (Lipinski definition) is 2. The molecule has 26 heavy (non-hydrogen) atoms. The van der Waals surface area contributed by atoms with Crippen LogP contribution in [0.25, 0.3) is 0 Å². The predicted molar refractivity (Wildman–Crippen MR) is 93.7 cm³/mol. The van der Waals surface area contributed by atoms with Gasteiger partial charge in [0.1, 0.15) is 17.6 Å². The van der Waals surface area contributed by atoms with Gasteiger partial charge in [-0.3, -0.25) is 14.5 Å². The minimum Gasteiger partial charge on any atom is -0.336 e. The van der Waals surface area contributed by atoms with Crippen molar-refractivity contribution in [2.75, 3.05) is 6.54 Å². The number of hydrogen-bond acceptors (Lipinski definition) is 4. The number of nitrogens with zero attached hydrogens (tertiary/aromatic N) is 2. The van der Waals surface area contributed by atoms with Gasteiger partial charge in [0.2, 0.25) is 5.91 Å². The number of aryl methyl sites for hydroxylation is 1. The first-order chi connectivity index (χ1) is 12.3. The van der Waals surface area contributed by atoms with Gasteiger partial charge >= 0.3 is 6.03 Å². The molecule has 4 amide bonds. The number of carbonyl (C=O) groups excluding carboxylic acids is 3. The Morgan fingerprint density at radius 2 is 1.88 bits per heavy atom. The van der Waals surface area contributed by atoms with Crippen molar-refractivity contribution in [1.29, 1.82) is 5.26 Å². The Balaban J connectivity index is 1.74. The first kappa shape index (κ1) is 17.9. The molecule has 1 atom stereocenters. The van der Waals surface area contributed by atoms with E-state index in [0.717, 1.165) is 23.3 Å². The number of rotatable bonds is 4. The van der Waals surface area contributed by atoms with Crippen LogP contribution in [0.15, 0.2) is 24.3 Å². The molecule has 2 N–H and O–H groups in total. The first-order valence-electron chi connectivity index (χ1n) is 8.73. The molecule has 0 spiro atoms. The molecule has 1 unspecified atom stereocenters. The largest absolute Gasteiger partial charge is 0.336 e. The van der Waals surface area contributed by atoms with Gasteiger partial charge in [0.05, 0.1) is 6.07 Å². The van der Waals surface area contributed by atoms with E-state index in [1.54, 1.807) is 19.1 Å². The summed E-state index contributed by atoms with van der Waals surface area (Å²) in [6.07, 6.45) is 2.94. The van der Waals surface area contributed by atoms with Gasteiger partial charge < -0.3 is 10.6 Å². The monoisotopic (exact) mass is 354 g/mol. The lowest BCUT2D eigenvalue weighted by molar-refractivity contribution is -0.135. The van der Waals surface area contributed by atoms with Gasteiger partial charge in [0, 0.05) is 0 Å². The van der Waals surface area contributed by atoms with E-state index in [0.29, 0.717) is 18.4 Å². The van der Waals surface area contributed by atoms with Crippen molar-refractivity contribution >= 4 is 17.8 Å². The molecule has 1 aliphatic carbocycles. The topological polar surface area (TPSA) is 102 Å². The van der Waals surface area contributed by atoms with Crippen LogP contribution in [0.4, 0.5) is 4.79 Å². The summed E-state index contributed by atoms with van der Waals surface area (Å²) < 4.78 is 0. The smallest absolute Gasteiger partial charge is 0.325 e. The summed E-state index contributed by atoms with van der Waals surface area (Å²) in [5.74, 6) is -0.968. The van der Waals surface area contributed by atoms with Crippen LogP contribution in [0.5, 0.6) is 0 Å². The Bertz CT molecular complexity index is 790. The van der Waals surface area contributed by atoms with Crippen LogP contribution in [0.3, 0.4) is 0 Å². The molecule has 1 saturated heterocycles. The molecule has 1 aliphatic heterocycles. The van der Waals surface area contributed by atoms with Gasteiger partial charge in [-0.15, -0.1) is 0 Å². The highest BCUT2D eigenvalue weighted by atomic mass is 16.2. The van der Waals surface area contributed by atoms with Crippen LogP contribution in [-0.2, 0) is 15.1 Å². The lowest BCUT2D eigenvalue weighted by Crippen LogP contribution is -2.50. The minimum atomic E-state index is -1.20. The molecule has 7 heteroatoms. The van der Waals surface area contributed by atoms with Crippen molar-refractivity contribution in [2.45, 2.75) is 50.6 Å². The van der Waals surface area contributed by atoms with Crippen molar-refractivity contribution in [1.82, 2.24) is 15.5 Å². The highest BCUT2D eigenvalue weighted by Gasteiger charge is 2.49. The maximum Gasteiger partial charge on any atom is 0.325 e. The van der Waals surface area contributed by atoms with E-state index in [4.69, 9.17) is 0 Å². The second kappa shape index (κ2) is 6.45. The van der Waals surface area contributed by atoms with Crippen molar-refractivity contribution in [3.05, 3.63) is 35.4 Å². The Morgan fingerprint density at radius 1 is 1.27 bits per heavy atom. The summed E-state index contributed by atoms with van der Waals surface area (Å²) in [4.78, 5) is 38.4. The van der Waals surface area contributed by atoms with Crippen molar-refractivity contribution < 1.29 is 14.4 Å². The maximum atomic E-state index is 12.8. The van der Waals surface area contributed by atoms with E-state index in [-0.39, 0.29) is 0 Å². The quantitative estimate of drug-likeness (QED) is 0.804. The molecule has 2 fully saturated rings. The molecule has 136 valence electrons. The van der Waals surface area contributed by atoms with Gasteiger partial charge in [-0.1, -0.05) is 29.8 Å². The number of nitriles is 1. The van der Waals surface area contributed by atoms with Crippen LogP contribution in [0.1, 0.15) is 43.7 Å². The summed E-state index contributed by atoms with van der Waals surface area (Å²) in [6.45, 7) is 3.17. The fourth-order valence-corrected chi connectivity index (χ4v) is 3.62. The third-order valence-corrected chi connectivity index (χ3v) is 5.26. The summed E-state index contributed by atoms with van der Waals surface area (Å²) in [7, 11) is 0. The molecule has 0 aromatic heterocycles. The predicted octanol–water partition coefficient (Wildman–Crippen LogP) is 1.71. The Hall–Kier alpha value is -2.88. The van der Waals surface area contributed by atoms with Gasteiger partial charge in [-0.2, -0.15) is 5.26 Å². The molecule has 3 rings (SSSR count). The molecule has 7 nitrogen and oxygen atoms in total. The summed E-state index contributed by atoms with van der Waals surface area (Å²) >= 11 is 0. The molecule has 1 aromatic carbocycles. The second-order valence-electron chi connectivity index (χ2n) is 7.26. The highest BCUT2D eigenvalue weighted by molar-refractivity contribution is 6.09. The molecule has 1 aromatic rings. The van der Waals surface area contributed by atoms with Gasteiger partial charge in [-0.05, 0) is 45.1 Å². The average molecular weight is 354 g/mol. The molecular formula is C19H22N4O3. The standard InChI is InChI=1S/C19H22N4O3/c1-13-5-7-14(8-6-13)18(2)16(25)23(17(26)22-18)11-15(24)21-19(12-20)9-3-4-10-19/h5-8H,3-4,9-11H2,1-2H3,(H,21,24)(H,22,26). The summed E-state index contributed by atoms with van der Waals surface area (Å²) in [5, 5.41) is 14.8. The van der Waals surface area contributed by atoms with Crippen LogP contribution in [0.2, 0.25) is 0 Å². The maximum absolute atomic E-state index is 12.8. The number of amides is 4. The molecule has 1 saturated carbocycles. The Labute approximate surface area is 152 Å². The minimum absolute atomic E-state index is 0.393. The fraction of sp³-hybridized carbons (Fsp3) is 0.474. The van der Waals surface area contributed by atoms with E-state index >= 15 is 0 Å². The third-order valence-electron chi connectivity index (χ3n) is 5.26. The molecule has 2 aliphatic rings. The molecule has 0 bridgehead atoms. The van der Waals surface area contributed by atoms with E-state index in [2.05, 4.69) is 16.7 Å². The zero-order chi connectivity index (χ0) is 18.9. The Morgan fingerprint density at radius 3 is 2.46 bits per heavy atom. The van der Waals surface area contributed by atoms with Gasteiger partial charge in [0.15, 0.2) is 0 Å². The Kier molecular flexibility index (Phi) is 4.45. The van der Waals surface area contributed by atoms with E-state index in [9.17, 15) is 19.6 Å². The zero-order valence-electron chi connectivity index (χ0n) is 15.0. The van der Waals surface area contributed by atoms with Crippen molar-refractivity contribution in [3.63, 3.8) is 0 Å². The van der Waals surface area contributed by atoms with E-state index in [1.807, 2.05) is 19.1 Å². The average Bonchev–Trinajstić information content (AvgIpc) is 3.15. The van der Waals surface area contributed by atoms with Crippen molar-refractivity contribution in [2.24, 2.45) is 0 Å². The molecular weight excluding hydrogens is 332 g/mol. The number of imide groups is 1. The third kappa shape index (κ3) is 3.03. The SMILES string of the molecule is Cc1ccc(C2(C)NC(=O)N(CC(=O)NC3(C#N)CCCC3)C2=O)cc1. The number of carbonyl (C=O) groups is 3. The van der Waals surface area contributed by atoms with E-state index < -0.39 is 35.5 Å². The zero-order valence-corrected chi connectivity index (χ0v) is 15.0. The van der Waals surface area contributed by atoms with Gasteiger partial charge in [-0.25, -0.2) is 4.79 Å². The normalized spacial score (nSPS) is 24.3. The van der Waals surface area contributed by atoms with Crippen LogP contribution in [-0.4, -0.2) is 34.8 Å². The first-order valence-corrected chi connectivity index (χ1v) is 8.73. The van der Waals surface area contributed by atoms with Crippen LogP contribution >= 0.6 is 0 Å². The fourth-order valence-electron chi connectivity index (χ4n) is 3.62. The molecule has 0 radical (unpaired) electrons. The highest BCUT2D eigenvalue weighted by Crippen LogP contribution is 2.30. The lowest BCUT2D eigenvalue weighted by atomic mass is 9.91. The van der Waals surface area contributed by atoms with Crippen molar-refractivity contribution in [3.8, 4) is 6.07 Å². The summed E-state index contributed by atoms with van der Waals surface area (Å²) in [6, 6.07) is 8.88. The number of urea groups is 1. The van der Waals surface area contributed by atoms with Crippen LogP contribution in [0, 0.1) is 18.3 Å². The van der Waals surface area contributed by atoms with Crippen LogP contribution < -0.4 is 10.6 Å². The number of nitrogens with one attached hydrogen (secondary N) is 2. The van der Waals surface area contributed by atoms with E-state index in [1.165, 1.54) is 0 Å².